The molecule has 4 rings (SSSR count). The molecule has 0 aromatic carbocycles. The lowest BCUT2D eigenvalue weighted by molar-refractivity contribution is -0.119. The molecular formula is C21H32O3. The molecule has 3 saturated carbocycles. The zero-order valence-electron chi connectivity index (χ0n) is 15.3. The first-order chi connectivity index (χ1) is 11.3. The van der Waals surface area contributed by atoms with E-state index in [-0.39, 0.29) is 29.0 Å². The highest BCUT2D eigenvalue weighted by atomic mass is 16.3. The SMILES string of the molecule is CC(O)C1CC(O)C2C3CCC4=CC(=O)CCC4(C)C3CCC12C. The first-order valence-electron chi connectivity index (χ1n) is 9.87. The quantitative estimate of drug-likeness (QED) is 0.773. The molecule has 3 nitrogen and oxygen atoms in total. The molecule has 4 aliphatic rings. The van der Waals surface area contributed by atoms with E-state index in [9.17, 15) is 15.0 Å². The summed E-state index contributed by atoms with van der Waals surface area (Å²) < 4.78 is 0. The lowest BCUT2D eigenvalue weighted by Gasteiger charge is -2.58. The highest BCUT2D eigenvalue weighted by molar-refractivity contribution is 5.91. The van der Waals surface area contributed by atoms with Gasteiger partial charge in [0.15, 0.2) is 5.78 Å². The maximum atomic E-state index is 11.9. The van der Waals surface area contributed by atoms with Crippen molar-refractivity contribution in [1.82, 2.24) is 0 Å². The van der Waals surface area contributed by atoms with E-state index in [4.69, 9.17) is 0 Å². The van der Waals surface area contributed by atoms with Crippen molar-refractivity contribution in [2.75, 3.05) is 0 Å². The molecule has 0 bridgehead atoms. The Balaban J connectivity index is 1.69. The molecule has 4 aliphatic carbocycles. The van der Waals surface area contributed by atoms with E-state index in [2.05, 4.69) is 13.8 Å². The van der Waals surface area contributed by atoms with E-state index in [1.165, 1.54) is 12.0 Å². The van der Waals surface area contributed by atoms with Crippen LogP contribution in [0.25, 0.3) is 0 Å². The molecule has 2 N–H and O–H groups in total. The number of fused-ring (bicyclic) bond motifs is 5. The number of hydrogen-bond donors (Lipinski definition) is 2. The molecule has 0 aromatic heterocycles. The number of carbonyl (C=O) groups is 1. The predicted octanol–water partition coefficient (Wildman–Crippen LogP) is 3.49. The summed E-state index contributed by atoms with van der Waals surface area (Å²) >= 11 is 0. The smallest absolute Gasteiger partial charge is 0.155 e. The summed E-state index contributed by atoms with van der Waals surface area (Å²) in [7, 11) is 0. The second-order valence-electron chi connectivity index (χ2n) is 9.58. The van der Waals surface area contributed by atoms with Gasteiger partial charge in [-0.2, -0.15) is 0 Å². The third-order valence-corrected chi connectivity index (χ3v) is 8.60. The Kier molecular flexibility index (Phi) is 3.78. The van der Waals surface area contributed by atoms with Crippen LogP contribution in [0, 0.1) is 34.5 Å². The molecular weight excluding hydrogens is 300 g/mol. The maximum Gasteiger partial charge on any atom is 0.155 e. The van der Waals surface area contributed by atoms with Crippen LogP contribution in [0.4, 0.5) is 0 Å². The van der Waals surface area contributed by atoms with Crippen molar-refractivity contribution in [2.45, 2.75) is 77.9 Å². The molecule has 3 heteroatoms. The van der Waals surface area contributed by atoms with Gasteiger partial charge < -0.3 is 10.2 Å². The van der Waals surface area contributed by atoms with E-state index < -0.39 is 0 Å². The molecule has 134 valence electrons. The predicted molar refractivity (Wildman–Crippen MR) is 93.3 cm³/mol. The number of aliphatic hydroxyl groups excluding tert-OH is 2. The first kappa shape index (κ1) is 16.8. The monoisotopic (exact) mass is 332 g/mol. The second-order valence-corrected chi connectivity index (χ2v) is 9.58. The number of carbonyl (C=O) groups excluding carboxylic acids is 1. The lowest BCUT2D eigenvalue weighted by Crippen LogP contribution is -2.52. The Labute approximate surface area is 145 Å². The van der Waals surface area contributed by atoms with Gasteiger partial charge in [-0.15, -0.1) is 0 Å². The van der Waals surface area contributed by atoms with Crippen LogP contribution in [-0.4, -0.2) is 28.2 Å². The van der Waals surface area contributed by atoms with Crippen LogP contribution in [0.15, 0.2) is 11.6 Å². The van der Waals surface area contributed by atoms with E-state index in [0.29, 0.717) is 30.0 Å². The van der Waals surface area contributed by atoms with Crippen molar-refractivity contribution >= 4 is 5.78 Å². The van der Waals surface area contributed by atoms with Crippen LogP contribution < -0.4 is 0 Å². The highest BCUT2D eigenvalue weighted by Gasteiger charge is 2.62. The van der Waals surface area contributed by atoms with Gasteiger partial charge in [0.25, 0.3) is 0 Å². The fourth-order valence-electron chi connectivity index (χ4n) is 7.42. The second kappa shape index (κ2) is 5.41. The van der Waals surface area contributed by atoms with Gasteiger partial charge in [-0.05, 0) is 86.0 Å². The number of aliphatic hydroxyl groups is 2. The topological polar surface area (TPSA) is 57.5 Å². The molecule has 0 spiro atoms. The average Bonchev–Trinajstić information content (AvgIpc) is 2.80. The third-order valence-electron chi connectivity index (χ3n) is 8.60. The normalized spacial score (nSPS) is 52.1. The summed E-state index contributed by atoms with van der Waals surface area (Å²) in [5, 5.41) is 21.2. The molecule has 0 radical (unpaired) electrons. The van der Waals surface area contributed by atoms with Crippen LogP contribution in [0.3, 0.4) is 0 Å². The van der Waals surface area contributed by atoms with Gasteiger partial charge >= 0.3 is 0 Å². The minimum atomic E-state index is -0.340. The van der Waals surface area contributed by atoms with Gasteiger partial charge in [-0.3, -0.25) is 4.79 Å². The summed E-state index contributed by atoms with van der Waals surface area (Å²) in [6, 6.07) is 0. The fraction of sp³-hybridized carbons (Fsp3) is 0.857. The molecule has 0 saturated heterocycles. The van der Waals surface area contributed by atoms with Crippen molar-refractivity contribution in [2.24, 2.45) is 34.5 Å². The molecule has 8 unspecified atom stereocenters. The Morgan fingerprint density at radius 2 is 1.96 bits per heavy atom. The molecule has 24 heavy (non-hydrogen) atoms. The average molecular weight is 332 g/mol. The van der Waals surface area contributed by atoms with Crippen molar-refractivity contribution in [3.8, 4) is 0 Å². The van der Waals surface area contributed by atoms with Crippen LogP contribution in [0.2, 0.25) is 0 Å². The lowest BCUT2D eigenvalue weighted by atomic mass is 9.46. The van der Waals surface area contributed by atoms with Crippen LogP contribution in [0.5, 0.6) is 0 Å². The van der Waals surface area contributed by atoms with Gasteiger partial charge in [-0.1, -0.05) is 19.4 Å². The molecule has 8 atom stereocenters. The summed E-state index contributed by atoms with van der Waals surface area (Å²) in [5.74, 6) is 1.96. The molecule has 3 fully saturated rings. The molecule has 0 aliphatic heterocycles. The minimum Gasteiger partial charge on any atom is -0.393 e. The highest BCUT2D eigenvalue weighted by Crippen LogP contribution is 2.66. The van der Waals surface area contributed by atoms with Crippen LogP contribution in [-0.2, 0) is 4.79 Å². The maximum absolute atomic E-state index is 11.9. The van der Waals surface area contributed by atoms with Crippen molar-refractivity contribution < 1.29 is 15.0 Å². The zero-order chi connectivity index (χ0) is 17.3. The van der Waals surface area contributed by atoms with Crippen molar-refractivity contribution in [3.63, 3.8) is 0 Å². The molecule has 0 amide bonds. The van der Waals surface area contributed by atoms with Crippen molar-refractivity contribution in [3.05, 3.63) is 11.6 Å². The third kappa shape index (κ3) is 2.13. The van der Waals surface area contributed by atoms with Gasteiger partial charge in [0.05, 0.1) is 12.2 Å². The van der Waals surface area contributed by atoms with E-state index in [0.717, 1.165) is 32.1 Å². The Bertz CT molecular complexity index is 580. The van der Waals surface area contributed by atoms with Crippen LogP contribution in [0.1, 0.15) is 65.7 Å². The van der Waals surface area contributed by atoms with Crippen LogP contribution >= 0.6 is 0 Å². The largest absolute Gasteiger partial charge is 0.393 e. The molecule has 0 aromatic rings. The summed E-state index contributed by atoms with van der Waals surface area (Å²) in [6.45, 7) is 6.59. The molecule has 0 heterocycles. The van der Waals surface area contributed by atoms with E-state index in [1.807, 2.05) is 13.0 Å². The number of allylic oxidation sites excluding steroid dienone is 1. The number of hydrogen-bond acceptors (Lipinski definition) is 3. The van der Waals surface area contributed by atoms with Gasteiger partial charge in [0.1, 0.15) is 0 Å². The minimum absolute atomic E-state index is 0.0663. The fourth-order valence-corrected chi connectivity index (χ4v) is 7.42. The van der Waals surface area contributed by atoms with Crippen molar-refractivity contribution in [1.29, 1.82) is 0 Å². The summed E-state index contributed by atoms with van der Waals surface area (Å²) in [4.78, 5) is 11.9. The van der Waals surface area contributed by atoms with Gasteiger partial charge in [0.2, 0.25) is 0 Å². The summed E-state index contributed by atoms with van der Waals surface area (Å²) in [5.41, 5.74) is 1.60. The Morgan fingerprint density at radius 1 is 1.21 bits per heavy atom. The van der Waals surface area contributed by atoms with Gasteiger partial charge in [-0.25, -0.2) is 0 Å². The zero-order valence-corrected chi connectivity index (χ0v) is 15.3. The Hall–Kier alpha value is -0.670. The Morgan fingerprint density at radius 3 is 2.67 bits per heavy atom. The van der Waals surface area contributed by atoms with Gasteiger partial charge in [0, 0.05) is 6.42 Å². The number of rotatable bonds is 1. The standard InChI is InChI=1S/C21H32O3/c1-12(22)17-11-18(24)19-15-5-4-13-10-14(23)6-8-20(13,2)16(15)7-9-21(17,19)3/h10,12,15-19,22,24H,4-9,11H2,1-3H3. The summed E-state index contributed by atoms with van der Waals surface area (Å²) in [6.07, 6.45) is 8.14. The van der Waals surface area contributed by atoms with E-state index >= 15 is 0 Å². The first-order valence-corrected chi connectivity index (χ1v) is 9.87. The number of ketones is 1. The van der Waals surface area contributed by atoms with E-state index in [1.54, 1.807) is 0 Å².